The molecule has 0 saturated carbocycles. The molecule has 7 heteroatoms. The Hall–Kier alpha value is 1.32. The van der Waals surface area contributed by atoms with Crippen LogP contribution < -0.4 is 29.6 Å². The number of alkyl halides is 1. The van der Waals surface area contributed by atoms with Crippen molar-refractivity contribution in [3.63, 3.8) is 0 Å². The van der Waals surface area contributed by atoms with Gasteiger partial charge in [-0.3, -0.25) is 9.11 Å². The molecule has 0 aliphatic rings. The van der Waals surface area contributed by atoms with E-state index in [1.54, 1.807) is 6.92 Å². The first kappa shape index (κ1) is 17.4. The van der Waals surface area contributed by atoms with Crippen molar-refractivity contribution in [2.45, 2.75) is 13.0 Å². The predicted octanol–water partition coefficient (Wildman–Crippen LogP) is -2.60. The molecule has 0 aliphatic carbocycles. The Balaban J connectivity index is -0.0000000383. The molecule has 0 aromatic heterocycles. The Labute approximate surface area is 90.9 Å². The molecule has 0 aliphatic heterocycles. The standard InChI is InChI=1S/C3H7ClO.Na.H2O3S.H/c1-3(5)2-4;;1-4(2)3;/h3,5H,2H2,1H3;;(H2,1,2,3);/q;+1;;-1. The maximum Gasteiger partial charge on any atom is 1.00 e. The Bertz CT molecular complexity index is 81.7. The second kappa shape index (κ2) is 12.9. The molecule has 0 radical (unpaired) electrons. The molecule has 1 atom stereocenters. The molecule has 0 fully saturated rings. The van der Waals surface area contributed by atoms with Gasteiger partial charge in [-0.25, -0.2) is 0 Å². The minimum absolute atomic E-state index is 0. The molecule has 0 heterocycles. The average Bonchev–Trinajstić information content (AvgIpc) is 1.65. The molecule has 10 heavy (non-hydrogen) atoms. The van der Waals surface area contributed by atoms with E-state index in [4.69, 9.17) is 30.0 Å². The van der Waals surface area contributed by atoms with Gasteiger partial charge < -0.3 is 6.53 Å². The van der Waals surface area contributed by atoms with Gasteiger partial charge in [0.15, 0.2) is 0 Å². The van der Waals surface area contributed by atoms with Crippen molar-refractivity contribution in [1.82, 2.24) is 0 Å². The molecular weight excluding hydrogens is 191 g/mol. The van der Waals surface area contributed by atoms with Gasteiger partial charge >= 0.3 is 29.6 Å². The second-order valence-corrected chi connectivity index (χ2v) is 2.00. The summed E-state index contributed by atoms with van der Waals surface area (Å²) in [5.41, 5.74) is 0. The van der Waals surface area contributed by atoms with Crippen molar-refractivity contribution in [3.05, 3.63) is 0 Å². The van der Waals surface area contributed by atoms with Crippen molar-refractivity contribution < 1.29 is 49.4 Å². The Morgan fingerprint density at radius 1 is 1.70 bits per heavy atom. The van der Waals surface area contributed by atoms with Gasteiger partial charge in [0.1, 0.15) is 0 Å². The third-order valence-corrected chi connectivity index (χ3v) is 0.670. The van der Waals surface area contributed by atoms with E-state index in [1.807, 2.05) is 0 Å². The van der Waals surface area contributed by atoms with Gasteiger partial charge in [-0.15, -0.1) is 11.6 Å². The van der Waals surface area contributed by atoms with Gasteiger partial charge in [-0.05, 0) is 6.92 Å². The first-order chi connectivity index (χ1) is 4.00. The molecule has 0 aromatic carbocycles. The topological polar surface area (TPSA) is 77.8 Å². The summed E-state index contributed by atoms with van der Waals surface area (Å²) in [6, 6.07) is 0. The number of rotatable bonds is 1. The van der Waals surface area contributed by atoms with E-state index in [0.29, 0.717) is 5.88 Å². The Morgan fingerprint density at radius 2 is 1.80 bits per heavy atom. The van der Waals surface area contributed by atoms with Gasteiger partial charge in [-0.2, -0.15) is 4.21 Å². The third-order valence-electron chi connectivity index (χ3n) is 0.223. The molecule has 60 valence electrons. The fraction of sp³-hybridized carbons (Fsp3) is 1.00. The zero-order valence-corrected chi connectivity index (χ0v) is 9.39. The molecule has 0 saturated heterocycles. The van der Waals surface area contributed by atoms with Gasteiger partial charge in [-0.1, -0.05) is 0 Å². The summed E-state index contributed by atoms with van der Waals surface area (Å²) in [6.45, 7) is 1.65. The van der Waals surface area contributed by atoms with Crippen molar-refractivity contribution in [2.75, 3.05) is 5.88 Å². The second-order valence-electron chi connectivity index (χ2n) is 1.23. The van der Waals surface area contributed by atoms with Crippen molar-refractivity contribution >= 4 is 23.0 Å². The summed E-state index contributed by atoms with van der Waals surface area (Å²) >= 11 is 2.48. The van der Waals surface area contributed by atoms with Crippen LogP contribution in [0.1, 0.15) is 8.35 Å². The zero-order valence-electron chi connectivity index (χ0n) is 6.82. The fourth-order valence-electron chi connectivity index (χ4n) is 0. The molecule has 0 aromatic rings. The van der Waals surface area contributed by atoms with Crippen LogP contribution in [-0.4, -0.2) is 30.4 Å². The number of hydrogen-bond acceptors (Lipinski definition) is 2. The maximum atomic E-state index is 8.67. The quantitative estimate of drug-likeness (QED) is 0.247. The Morgan fingerprint density at radius 3 is 1.80 bits per heavy atom. The summed E-state index contributed by atoms with van der Waals surface area (Å²) in [5, 5.41) is 8.23. The fourth-order valence-corrected chi connectivity index (χ4v) is 0. The zero-order chi connectivity index (χ0) is 7.86. The first-order valence-electron chi connectivity index (χ1n) is 2.04. The smallest absolute Gasteiger partial charge is 1.00 e. The summed E-state index contributed by atoms with van der Waals surface area (Å²) in [4.78, 5) is 0. The van der Waals surface area contributed by atoms with E-state index < -0.39 is 11.4 Å². The normalized spacial score (nSPS) is 11.0. The van der Waals surface area contributed by atoms with Gasteiger partial charge in [0.05, 0.1) is 6.10 Å². The monoisotopic (exact) mass is 200 g/mol. The third kappa shape index (κ3) is 58.5. The van der Waals surface area contributed by atoms with E-state index >= 15 is 0 Å². The summed E-state index contributed by atoms with van der Waals surface area (Å²) in [7, 11) is 0. The molecule has 0 amide bonds. The van der Waals surface area contributed by atoms with Gasteiger partial charge in [0, 0.05) is 5.88 Å². The SMILES string of the molecule is CC(O)CCl.O=S(O)O.[H-].[Na+]. The predicted molar refractivity (Wildman–Crippen MR) is 36.9 cm³/mol. The number of aliphatic hydroxyl groups is 1. The molecule has 0 spiro atoms. The maximum absolute atomic E-state index is 8.67. The van der Waals surface area contributed by atoms with Crippen molar-refractivity contribution in [2.24, 2.45) is 0 Å². The summed E-state index contributed by atoms with van der Waals surface area (Å²) < 4.78 is 22.8. The van der Waals surface area contributed by atoms with Crippen LogP contribution in [0.15, 0.2) is 0 Å². The minimum Gasteiger partial charge on any atom is -1.00 e. The Kier molecular flexibility index (Phi) is 22.6. The van der Waals surface area contributed by atoms with Crippen molar-refractivity contribution in [3.8, 4) is 0 Å². The van der Waals surface area contributed by atoms with Gasteiger partial charge in [0.25, 0.3) is 11.4 Å². The van der Waals surface area contributed by atoms with Gasteiger partial charge in [0.2, 0.25) is 0 Å². The molecule has 1 unspecified atom stereocenters. The number of halogens is 1. The van der Waals surface area contributed by atoms with E-state index in [1.165, 1.54) is 0 Å². The van der Waals surface area contributed by atoms with Crippen LogP contribution in [0.3, 0.4) is 0 Å². The first-order valence-corrected chi connectivity index (χ1v) is 3.64. The van der Waals surface area contributed by atoms with E-state index in [9.17, 15) is 0 Å². The summed E-state index contributed by atoms with van der Waals surface area (Å²) in [5.74, 6) is 0.333. The molecule has 4 nitrogen and oxygen atoms in total. The van der Waals surface area contributed by atoms with Crippen LogP contribution >= 0.6 is 11.6 Å². The largest absolute Gasteiger partial charge is 1.00 e. The number of hydrogen-bond donors (Lipinski definition) is 3. The van der Waals surface area contributed by atoms with Crippen LogP contribution in [0.5, 0.6) is 0 Å². The molecular formula is C3H10ClNaO4S. The summed E-state index contributed by atoms with van der Waals surface area (Å²) in [6.07, 6.45) is -0.350. The van der Waals surface area contributed by atoms with E-state index in [-0.39, 0.29) is 37.1 Å². The van der Waals surface area contributed by atoms with Crippen molar-refractivity contribution in [1.29, 1.82) is 0 Å². The molecule has 0 bridgehead atoms. The number of aliphatic hydroxyl groups excluding tert-OH is 1. The van der Waals surface area contributed by atoms with Crippen LogP contribution in [-0.2, 0) is 11.4 Å². The molecule has 3 N–H and O–H groups in total. The average molecular weight is 201 g/mol. The van der Waals surface area contributed by atoms with Crippen LogP contribution in [0.4, 0.5) is 0 Å². The van der Waals surface area contributed by atoms with Crippen LogP contribution in [0, 0.1) is 0 Å². The van der Waals surface area contributed by atoms with E-state index in [2.05, 4.69) is 0 Å². The van der Waals surface area contributed by atoms with Crippen LogP contribution in [0.25, 0.3) is 0 Å². The van der Waals surface area contributed by atoms with Crippen LogP contribution in [0.2, 0.25) is 0 Å². The molecule has 0 rings (SSSR count). The minimum atomic E-state index is -2.61. The van der Waals surface area contributed by atoms with E-state index in [0.717, 1.165) is 0 Å².